The highest BCUT2D eigenvalue weighted by molar-refractivity contribution is 6.30. The van der Waals surface area contributed by atoms with Crippen molar-refractivity contribution in [1.82, 2.24) is 9.88 Å². The Hall–Kier alpha value is -3.11. The second-order valence-electron chi connectivity index (χ2n) is 7.36. The number of halogens is 7. The van der Waals surface area contributed by atoms with Gasteiger partial charge in [-0.05, 0) is 41.0 Å². The van der Waals surface area contributed by atoms with E-state index in [0.717, 1.165) is 10.5 Å². The van der Waals surface area contributed by atoms with Crippen LogP contribution in [0.3, 0.4) is 0 Å². The zero-order valence-electron chi connectivity index (χ0n) is 17.4. The first-order chi connectivity index (χ1) is 15.9. The van der Waals surface area contributed by atoms with Crippen LogP contribution in [0.4, 0.5) is 26.3 Å². The molecule has 1 heterocycles. The maximum absolute atomic E-state index is 13.2. The van der Waals surface area contributed by atoms with Crippen molar-refractivity contribution in [2.45, 2.75) is 25.4 Å². The molecule has 180 valence electrons. The van der Waals surface area contributed by atoms with Crippen LogP contribution in [0, 0.1) is 0 Å². The molecule has 1 aromatic heterocycles. The Morgan fingerprint density at radius 3 is 2.03 bits per heavy atom. The molecule has 2 aromatic carbocycles. The molecule has 0 unspecified atom stereocenters. The number of amides is 1. The Labute approximate surface area is 196 Å². The normalized spacial score (nSPS) is 12.0. The number of aromatic nitrogens is 1. The van der Waals surface area contributed by atoms with Crippen molar-refractivity contribution in [1.29, 1.82) is 0 Å². The number of hydrogen-bond acceptors (Lipinski definition) is 3. The van der Waals surface area contributed by atoms with Gasteiger partial charge in [0.25, 0.3) is 0 Å². The second kappa shape index (κ2) is 10.0. The van der Waals surface area contributed by atoms with Crippen LogP contribution in [-0.2, 0) is 30.2 Å². The van der Waals surface area contributed by atoms with Crippen LogP contribution < -0.4 is 5.73 Å². The van der Waals surface area contributed by atoms with Gasteiger partial charge in [-0.15, -0.1) is 0 Å². The maximum atomic E-state index is 13.2. The number of carbonyl (C=O) groups is 1. The summed E-state index contributed by atoms with van der Waals surface area (Å²) in [4.78, 5) is 17.6. The van der Waals surface area contributed by atoms with Crippen molar-refractivity contribution in [2.75, 3.05) is 6.54 Å². The predicted molar refractivity (Wildman–Crippen MR) is 114 cm³/mol. The molecule has 0 fully saturated rings. The van der Waals surface area contributed by atoms with Crippen LogP contribution in [0.15, 0.2) is 60.8 Å². The summed E-state index contributed by atoms with van der Waals surface area (Å²) in [5.74, 6) is -0.690. The number of rotatable bonds is 6. The number of nitrogens with two attached hydrogens (primary N) is 1. The fraction of sp³-hybridized carbons (Fsp3) is 0.217. The van der Waals surface area contributed by atoms with E-state index in [9.17, 15) is 31.1 Å². The molecule has 3 rings (SSSR count). The standard InChI is InChI=1S/C23H18ClF6N3O/c24-21-19(18(6-7-32-21)15-4-2-1-3-5-15)13-33(20(34)11-31)12-14-8-16(22(25,26)27)10-17(9-14)23(28,29)30/h1-10H,11-13,31H2. The summed E-state index contributed by atoms with van der Waals surface area (Å²) in [6, 6.07) is 11.7. The molecular formula is C23H18ClF6N3O. The summed E-state index contributed by atoms with van der Waals surface area (Å²) in [6.45, 7) is -1.29. The van der Waals surface area contributed by atoms with Crippen molar-refractivity contribution >= 4 is 17.5 Å². The number of benzene rings is 2. The molecule has 0 radical (unpaired) electrons. The van der Waals surface area contributed by atoms with Crippen LogP contribution >= 0.6 is 11.6 Å². The van der Waals surface area contributed by atoms with Crippen molar-refractivity contribution in [2.24, 2.45) is 5.73 Å². The van der Waals surface area contributed by atoms with Crippen molar-refractivity contribution in [3.63, 3.8) is 0 Å². The Bertz CT molecular complexity index is 1130. The SMILES string of the molecule is NCC(=O)N(Cc1cc(C(F)(F)F)cc(C(F)(F)F)c1)Cc1c(-c2ccccc2)ccnc1Cl. The Kier molecular flexibility index (Phi) is 7.52. The molecule has 0 aliphatic heterocycles. The van der Waals surface area contributed by atoms with Gasteiger partial charge in [0.1, 0.15) is 5.15 Å². The average molecular weight is 502 g/mol. The van der Waals surface area contributed by atoms with Crippen LogP contribution in [0.1, 0.15) is 22.3 Å². The van der Waals surface area contributed by atoms with Crippen LogP contribution in [0.5, 0.6) is 0 Å². The quantitative estimate of drug-likeness (QED) is 0.336. The minimum Gasteiger partial charge on any atom is -0.333 e. The van der Waals surface area contributed by atoms with Crippen molar-refractivity contribution in [3.05, 3.63) is 88.2 Å². The molecule has 4 nitrogen and oxygen atoms in total. The first-order valence-corrected chi connectivity index (χ1v) is 10.2. The monoisotopic (exact) mass is 501 g/mol. The molecular weight excluding hydrogens is 484 g/mol. The van der Waals surface area contributed by atoms with Crippen molar-refractivity contribution in [3.8, 4) is 11.1 Å². The molecule has 0 atom stereocenters. The Morgan fingerprint density at radius 1 is 0.912 bits per heavy atom. The number of hydrogen-bond donors (Lipinski definition) is 1. The van der Waals surface area contributed by atoms with Gasteiger partial charge >= 0.3 is 12.4 Å². The van der Waals surface area contributed by atoms with Gasteiger partial charge in [0.2, 0.25) is 5.91 Å². The van der Waals surface area contributed by atoms with E-state index in [0.29, 0.717) is 23.3 Å². The fourth-order valence-electron chi connectivity index (χ4n) is 3.39. The molecule has 0 saturated heterocycles. The van der Waals surface area contributed by atoms with Gasteiger partial charge < -0.3 is 10.6 Å². The summed E-state index contributed by atoms with van der Waals surface area (Å²) >= 11 is 6.27. The molecule has 0 saturated carbocycles. The fourth-order valence-corrected chi connectivity index (χ4v) is 3.61. The summed E-state index contributed by atoms with van der Waals surface area (Å²) in [5.41, 5.74) is 3.89. The summed E-state index contributed by atoms with van der Waals surface area (Å²) < 4.78 is 79.5. The van der Waals surface area contributed by atoms with Crippen LogP contribution in [0.25, 0.3) is 11.1 Å². The van der Waals surface area contributed by atoms with Crippen molar-refractivity contribution < 1.29 is 31.1 Å². The van der Waals surface area contributed by atoms with E-state index in [1.54, 1.807) is 36.4 Å². The number of pyridine rings is 1. The van der Waals surface area contributed by atoms with Crippen LogP contribution in [-0.4, -0.2) is 22.3 Å². The molecule has 34 heavy (non-hydrogen) atoms. The lowest BCUT2D eigenvalue weighted by atomic mass is 10.0. The van der Waals surface area contributed by atoms with Gasteiger partial charge in [-0.2, -0.15) is 26.3 Å². The Morgan fingerprint density at radius 2 is 1.50 bits per heavy atom. The van der Waals surface area contributed by atoms with Gasteiger partial charge in [-0.25, -0.2) is 4.98 Å². The topological polar surface area (TPSA) is 59.2 Å². The summed E-state index contributed by atoms with van der Waals surface area (Å²) in [7, 11) is 0. The van der Waals surface area contributed by atoms with Gasteiger partial charge in [-0.1, -0.05) is 41.9 Å². The smallest absolute Gasteiger partial charge is 0.333 e. The third-order valence-electron chi connectivity index (χ3n) is 4.99. The first-order valence-electron chi connectivity index (χ1n) is 9.85. The van der Waals surface area contributed by atoms with Gasteiger partial charge in [0, 0.05) is 24.8 Å². The maximum Gasteiger partial charge on any atom is 0.416 e. The minimum atomic E-state index is -5.01. The van der Waals surface area contributed by atoms with E-state index >= 15 is 0 Å². The highest BCUT2D eigenvalue weighted by atomic mass is 35.5. The summed E-state index contributed by atoms with van der Waals surface area (Å²) in [5, 5.41) is 0.0381. The lowest BCUT2D eigenvalue weighted by molar-refractivity contribution is -0.143. The number of alkyl halides is 6. The zero-order valence-corrected chi connectivity index (χ0v) is 18.2. The third-order valence-corrected chi connectivity index (χ3v) is 5.31. The predicted octanol–water partition coefficient (Wildman–Crippen LogP) is 5.93. The molecule has 0 spiro atoms. The van der Waals surface area contributed by atoms with E-state index in [4.69, 9.17) is 17.3 Å². The number of carbonyl (C=O) groups excluding carboxylic acids is 1. The van der Waals surface area contributed by atoms with Gasteiger partial charge in [-0.3, -0.25) is 4.79 Å². The van der Waals surface area contributed by atoms with E-state index in [1.807, 2.05) is 0 Å². The molecule has 3 aromatic rings. The van der Waals surface area contributed by atoms with Gasteiger partial charge in [0.15, 0.2) is 0 Å². The van der Waals surface area contributed by atoms with Crippen LogP contribution in [0.2, 0.25) is 5.15 Å². The molecule has 0 aliphatic carbocycles. The molecule has 0 aliphatic rings. The van der Waals surface area contributed by atoms with E-state index < -0.39 is 42.5 Å². The van der Waals surface area contributed by atoms with E-state index in [-0.39, 0.29) is 23.3 Å². The van der Waals surface area contributed by atoms with Gasteiger partial charge in [0.05, 0.1) is 17.7 Å². The summed E-state index contributed by atoms with van der Waals surface area (Å²) in [6.07, 6.45) is -8.57. The first kappa shape index (κ1) is 25.5. The lowest BCUT2D eigenvalue weighted by Crippen LogP contribution is -2.35. The molecule has 11 heteroatoms. The lowest BCUT2D eigenvalue weighted by Gasteiger charge is -2.25. The molecule has 0 bridgehead atoms. The highest BCUT2D eigenvalue weighted by Gasteiger charge is 2.37. The molecule has 1 amide bonds. The average Bonchev–Trinajstić information content (AvgIpc) is 2.78. The molecule has 2 N–H and O–H groups in total. The third kappa shape index (κ3) is 6.06. The minimum absolute atomic E-state index is 0.0318. The van der Waals surface area contributed by atoms with E-state index in [2.05, 4.69) is 4.98 Å². The zero-order chi connectivity index (χ0) is 25.1. The number of nitrogens with zero attached hydrogens (tertiary/aromatic N) is 2. The highest BCUT2D eigenvalue weighted by Crippen LogP contribution is 2.37. The Balaban J connectivity index is 2.04. The largest absolute Gasteiger partial charge is 0.416 e. The van der Waals surface area contributed by atoms with E-state index in [1.165, 1.54) is 6.20 Å². The second-order valence-corrected chi connectivity index (χ2v) is 7.72.